The van der Waals surface area contributed by atoms with Gasteiger partial charge in [0, 0.05) is 12.5 Å². The number of carbonyl (C=O) groups is 3. The number of aryl methyl sites for hydroxylation is 1. The molecule has 3 rings (SSSR count). The predicted octanol–water partition coefficient (Wildman–Crippen LogP) is 3.75. The third-order valence-electron chi connectivity index (χ3n) is 5.53. The maximum atomic E-state index is 13.1. The van der Waals surface area contributed by atoms with Gasteiger partial charge in [0.05, 0.1) is 19.8 Å². The van der Waals surface area contributed by atoms with Gasteiger partial charge in [0.25, 0.3) is 11.8 Å². The molecule has 0 unspecified atom stereocenters. The Morgan fingerprint density at radius 1 is 0.972 bits per heavy atom. The summed E-state index contributed by atoms with van der Waals surface area (Å²) >= 11 is 0. The van der Waals surface area contributed by atoms with Crippen molar-refractivity contribution in [2.75, 3.05) is 26.4 Å². The minimum atomic E-state index is -0.652. The fourth-order valence-corrected chi connectivity index (χ4v) is 3.51. The zero-order valence-corrected chi connectivity index (χ0v) is 20.6. The van der Waals surface area contributed by atoms with Crippen molar-refractivity contribution in [3.8, 4) is 11.8 Å². The van der Waals surface area contributed by atoms with Gasteiger partial charge >= 0.3 is 5.97 Å². The van der Waals surface area contributed by atoms with E-state index in [9.17, 15) is 19.6 Å². The highest BCUT2D eigenvalue weighted by Crippen LogP contribution is 2.27. The molecule has 1 aliphatic heterocycles. The van der Waals surface area contributed by atoms with Crippen molar-refractivity contribution in [2.24, 2.45) is 0 Å². The van der Waals surface area contributed by atoms with Crippen molar-refractivity contribution in [1.82, 2.24) is 4.90 Å². The predicted molar refractivity (Wildman–Crippen MR) is 132 cm³/mol. The van der Waals surface area contributed by atoms with Crippen LogP contribution in [-0.4, -0.2) is 49.0 Å². The van der Waals surface area contributed by atoms with Gasteiger partial charge in [-0.1, -0.05) is 42.0 Å². The van der Waals surface area contributed by atoms with Gasteiger partial charge in [-0.15, -0.1) is 0 Å². The summed E-state index contributed by atoms with van der Waals surface area (Å²) in [7, 11) is 0. The quantitative estimate of drug-likeness (QED) is 0.217. The van der Waals surface area contributed by atoms with Gasteiger partial charge in [-0.25, -0.2) is 0 Å². The van der Waals surface area contributed by atoms with Crippen molar-refractivity contribution in [1.29, 1.82) is 5.26 Å². The minimum Gasteiger partial charge on any atom is -0.489 e. The molecule has 0 spiro atoms. The van der Waals surface area contributed by atoms with Gasteiger partial charge in [0.1, 0.15) is 30.6 Å². The molecule has 186 valence electrons. The second-order valence-corrected chi connectivity index (χ2v) is 8.23. The summed E-state index contributed by atoms with van der Waals surface area (Å²) in [5, 5.41) is 9.53. The van der Waals surface area contributed by atoms with E-state index >= 15 is 0 Å². The summed E-state index contributed by atoms with van der Waals surface area (Å²) in [6.45, 7) is 5.59. The lowest BCUT2D eigenvalue weighted by atomic mass is 9.93. The van der Waals surface area contributed by atoms with E-state index in [0.29, 0.717) is 17.9 Å². The molecular weight excluding hydrogens is 460 g/mol. The van der Waals surface area contributed by atoms with Crippen LogP contribution >= 0.6 is 0 Å². The maximum Gasteiger partial charge on any atom is 0.302 e. The van der Waals surface area contributed by atoms with E-state index in [2.05, 4.69) is 0 Å². The van der Waals surface area contributed by atoms with Crippen molar-refractivity contribution in [2.45, 2.75) is 27.4 Å². The Kier molecular flexibility index (Phi) is 9.14. The monoisotopic (exact) mass is 488 g/mol. The molecule has 0 saturated heterocycles. The minimum absolute atomic E-state index is 0.0284. The highest BCUT2D eigenvalue weighted by atomic mass is 16.6. The smallest absolute Gasteiger partial charge is 0.302 e. The molecule has 0 aliphatic carbocycles. The molecule has 0 radical (unpaired) electrons. The number of esters is 1. The number of rotatable bonds is 10. The molecule has 0 fully saturated rings. The second kappa shape index (κ2) is 12.5. The fourth-order valence-electron chi connectivity index (χ4n) is 3.51. The standard InChI is InChI=1S/C28H28N2O6/c1-19-4-6-23(7-5-19)18-36-24-10-8-22(9-11-24)16-25-20(2)26(17-29)28(33)30(27(25)32)12-13-34-14-15-35-21(3)31/h4-11,16H,12-15,18H2,1-3H3/b25-16+. The topological polar surface area (TPSA) is 106 Å². The van der Waals surface area contributed by atoms with Crippen LogP contribution in [0.15, 0.2) is 65.3 Å². The average Bonchev–Trinajstić information content (AvgIpc) is 2.86. The molecule has 1 aliphatic rings. The molecule has 0 aromatic heterocycles. The molecule has 0 N–H and O–H groups in total. The Bertz CT molecular complexity index is 1220. The number of ether oxygens (including phenoxy) is 3. The van der Waals surface area contributed by atoms with E-state index in [-0.39, 0.29) is 37.5 Å². The Morgan fingerprint density at radius 3 is 2.31 bits per heavy atom. The number of carbonyl (C=O) groups excluding carboxylic acids is 3. The van der Waals surface area contributed by atoms with Gasteiger partial charge in [-0.2, -0.15) is 5.26 Å². The Balaban J connectivity index is 1.68. The van der Waals surface area contributed by atoms with Crippen LogP contribution in [-0.2, 0) is 30.5 Å². The molecule has 1 heterocycles. The second-order valence-electron chi connectivity index (χ2n) is 8.23. The van der Waals surface area contributed by atoms with E-state index in [4.69, 9.17) is 14.2 Å². The number of imide groups is 1. The zero-order chi connectivity index (χ0) is 26.1. The summed E-state index contributed by atoms with van der Waals surface area (Å²) in [6.07, 6.45) is 1.65. The molecule has 0 saturated carbocycles. The van der Waals surface area contributed by atoms with Gasteiger partial charge in [0.15, 0.2) is 0 Å². The maximum absolute atomic E-state index is 13.1. The largest absolute Gasteiger partial charge is 0.489 e. The summed E-state index contributed by atoms with van der Waals surface area (Å²) in [5.74, 6) is -0.888. The van der Waals surface area contributed by atoms with Gasteiger partial charge < -0.3 is 14.2 Å². The van der Waals surface area contributed by atoms with Gasteiger partial charge in [0.2, 0.25) is 0 Å². The third-order valence-corrected chi connectivity index (χ3v) is 5.53. The summed E-state index contributed by atoms with van der Waals surface area (Å²) < 4.78 is 16.0. The Morgan fingerprint density at radius 2 is 1.67 bits per heavy atom. The van der Waals surface area contributed by atoms with Crippen LogP contribution < -0.4 is 4.74 Å². The first-order chi connectivity index (χ1) is 17.3. The normalized spacial score (nSPS) is 14.7. The van der Waals surface area contributed by atoms with Crippen LogP contribution in [0.5, 0.6) is 5.75 Å². The van der Waals surface area contributed by atoms with E-state index in [1.54, 1.807) is 25.1 Å². The lowest BCUT2D eigenvalue weighted by molar-refractivity contribution is -0.142. The van der Waals surface area contributed by atoms with E-state index in [0.717, 1.165) is 16.0 Å². The van der Waals surface area contributed by atoms with Crippen LogP contribution in [0.3, 0.4) is 0 Å². The van der Waals surface area contributed by atoms with Crippen LogP contribution in [0.2, 0.25) is 0 Å². The van der Waals surface area contributed by atoms with Crippen molar-refractivity contribution >= 4 is 23.9 Å². The van der Waals surface area contributed by atoms with Gasteiger partial charge in [-0.3, -0.25) is 19.3 Å². The average molecular weight is 489 g/mol. The number of benzene rings is 2. The molecule has 0 atom stereocenters. The van der Waals surface area contributed by atoms with Crippen LogP contribution in [0.4, 0.5) is 0 Å². The molecule has 8 nitrogen and oxygen atoms in total. The molecular formula is C28H28N2O6. The van der Waals surface area contributed by atoms with Crippen molar-refractivity contribution in [3.63, 3.8) is 0 Å². The lowest BCUT2D eigenvalue weighted by Crippen LogP contribution is -2.44. The highest BCUT2D eigenvalue weighted by molar-refractivity contribution is 6.19. The van der Waals surface area contributed by atoms with Crippen molar-refractivity contribution < 1.29 is 28.6 Å². The molecule has 0 bridgehead atoms. The first-order valence-electron chi connectivity index (χ1n) is 11.5. The van der Waals surface area contributed by atoms with E-state index < -0.39 is 17.8 Å². The number of hydrogen-bond donors (Lipinski definition) is 0. The molecule has 36 heavy (non-hydrogen) atoms. The summed E-state index contributed by atoms with van der Waals surface area (Å²) in [5.41, 5.74) is 3.48. The lowest BCUT2D eigenvalue weighted by Gasteiger charge is -2.27. The summed E-state index contributed by atoms with van der Waals surface area (Å²) in [6, 6.07) is 17.2. The first-order valence-corrected chi connectivity index (χ1v) is 11.5. The molecule has 2 aromatic rings. The number of amides is 2. The van der Waals surface area contributed by atoms with Crippen LogP contribution in [0, 0.1) is 18.3 Å². The Hall–Kier alpha value is -4.22. The zero-order valence-electron chi connectivity index (χ0n) is 20.6. The molecule has 2 aromatic carbocycles. The van der Waals surface area contributed by atoms with Crippen molar-refractivity contribution in [3.05, 3.63) is 81.9 Å². The van der Waals surface area contributed by atoms with Crippen LogP contribution in [0.25, 0.3) is 6.08 Å². The van der Waals surface area contributed by atoms with E-state index in [1.807, 2.05) is 49.4 Å². The molecule has 8 heteroatoms. The SMILES string of the molecule is CC(=O)OCCOCCN1C(=O)C(C#N)=C(C)/C(=C\c2ccc(OCc3ccc(C)cc3)cc2)C1=O. The molecule has 2 amide bonds. The number of nitrogens with zero attached hydrogens (tertiary/aromatic N) is 2. The van der Waals surface area contributed by atoms with Crippen LogP contribution in [0.1, 0.15) is 30.5 Å². The Labute approximate surface area is 210 Å². The summed E-state index contributed by atoms with van der Waals surface area (Å²) in [4.78, 5) is 37.6. The number of nitriles is 1. The van der Waals surface area contributed by atoms with Gasteiger partial charge in [-0.05, 0) is 48.8 Å². The first kappa shape index (κ1) is 26.4. The van der Waals surface area contributed by atoms with E-state index in [1.165, 1.54) is 12.5 Å². The third kappa shape index (κ3) is 6.90. The number of hydrogen-bond acceptors (Lipinski definition) is 7. The highest BCUT2D eigenvalue weighted by Gasteiger charge is 2.35. The fraction of sp³-hybridized carbons (Fsp3) is 0.286.